The second kappa shape index (κ2) is 8.84. The fourth-order valence-electron chi connectivity index (χ4n) is 2.68. The highest BCUT2D eigenvalue weighted by Crippen LogP contribution is 2.27. The van der Waals surface area contributed by atoms with Crippen LogP contribution in [0.15, 0.2) is 52.9 Å². The summed E-state index contributed by atoms with van der Waals surface area (Å²) in [5.74, 6) is -1.30. The van der Waals surface area contributed by atoms with Gasteiger partial charge in [0.05, 0.1) is 17.9 Å². The van der Waals surface area contributed by atoms with Crippen molar-refractivity contribution in [1.82, 2.24) is 0 Å². The highest BCUT2D eigenvalue weighted by atomic mass is 16.5. The lowest BCUT2D eigenvalue weighted by Gasteiger charge is -2.08. The van der Waals surface area contributed by atoms with Gasteiger partial charge in [0.25, 0.3) is 5.91 Å². The smallest absolute Gasteiger partial charge is 0.375 e. The summed E-state index contributed by atoms with van der Waals surface area (Å²) in [6.45, 7) is 2.02. The van der Waals surface area contributed by atoms with Gasteiger partial charge in [-0.3, -0.25) is 4.79 Å². The number of anilines is 1. The first-order chi connectivity index (χ1) is 13.6. The van der Waals surface area contributed by atoms with Crippen molar-refractivity contribution in [2.45, 2.75) is 13.5 Å². The van der Waals surface area contributed by atoms with E-state index in [1.54, 1.807) is 36.4 Å². The van der Waals surface area contributed by atoms with Crippen molar-refractivity contribution >= 4 is 28.5 Å². The molecule has 7 heteroatoms. The van der Waals surface area contributed by atoms with Gasteiger partial charge in [0.1, 0.15) is 11.7 Å². The molecule has 2 aromatic carbocycles. The molecular weight excluding hydrogens is 360 g/mol. The van der Waals surface area contributed by atoms with Crippen LogP contribution in [-0.2, 0) is 20.9 Å². The lowest BCUT2D eigenvalue weighted by molar-refractivity contribution is -0.119. The number of esters is 1. The van der Waals surface area contributed by atoms with Gasteiger partial charge in [-0.2, -0.15) is 5.26 Å². The Balaban J connectivity index is 1.71. The molecule has 7 nitrogen and oxygen atoms in total. The van der Waals surface area contributed by atoms with Gasteiger partial charge in [-0.15, -0.1) is 0 Å². The van der Waals surface area contributed by atoms with E-state index in [-0.39, 0.29) is 12.4 Å². The van der Waals surface area contributed by atoms with Crippen molar-refractivity contribution in [2.75, 3.05) is 18.5 Å². The topological polar surface area (TPSA) is 102 Å². The summed E-state index contributed by atoms with van der Waals surface area (Å²) in [6.07, 6.45) is 0. The summed E-state index contributed by atoms with van der Waals surface area (Å²) in [4.78, 5) is 24.6. The number of ether oxygens (including phenoxy) is 2. The van der Waals surface area contributed by atoms with E-state index in [9.17, 15) is 9.59 Å². The van der Waals surface area contributed by atoms with E-state index in [1.165, 1.54) is 0 Å². The third kappa shape index (κ3) is 4.19. The molecule has 0 aliphatic rings. The van der Waals surface area contributed by atoms with E-state index in [0.29, 0.717) is 29.0 Å². The van der Waals surface area contributed by atoms with Crippen LogP contribution in [0.2, 0.25) is 0 Å². The first kappa shape index (κ1) is 19.1. The van der Waals surface area contributed by atoms with Gasteiger partial charge in [-0.05, 0) is 25.1 Å². The van der Waals surface area contributed by atoms with Crippen molar-refractivity contribution < 1.29 is 23.5 Å². The Labute approximate surface area is 161 Å². The molecule has 0 saturated heterocycles. The quantitative estimate of drug-likeness (QED) is 0.630. The number of hydrogen-bond acceptors (Lipinski definition) is 6. The Hall–Kier alpha value is -3.63. The lowest BCUT2D eigenvalue weighted by atomic mass is 10.1. The third-order valence-electron chi connectivity index (χ3n) is 3.99. The van der Waals surface area contributed by atoms with Gasteiger partial charge in [-0.1, -0.05) is 30.3 Å². The van der Waals surface area contributed by atoms with E-state index < -0.39 is 18.5 Å². The monoisotopic (exact) mass is 378 g/mol. The number of furan rings is 1. The number of benzene rings is 2. The predicted octanol–water partition coefficient (Wildman–Crippen LogP) is 3.64. The van der Waals surface area contributed by atoms with Crippen LogP contribution in [0.4, 0.5) is 5.69 Å². The van der Waals surface area contributed by atoms with Gasteiger partial charge in [0, 0.05) is 17.6 Å². The Kier molecular flexibility index (Phi) is 6.04. The minimum Gasteiger partial charge on any atom is -0.450 e. The molecule has 1 aromatic heterocycles. The molecule has 0 aliphatic carbocycles. The molecule has 1 amide bonds. The summed E-state index contributed by atoms with van der Waals surface area (Å²) in [7, 11) is 0. The number of para-hydroxylation sites is 2. The van der Waals surface area contributed by atoms with E-state index in [2.05, 4.69) is 5.32 Å². The molecule has 0 spiro atoms. The van der Waals surface area contributed by atoms with Crippen LogP contribution in [0.3, 0.4) is 0 Å². The highest BCUT2D eigenvalue weighted by Gasteiger charge is 2.22. The van der Waals surface area contributed by atoms with E-state index >= 15 is 0 Å². The Bertz CT molecular complexity index is 1050. The summed E-state index contributed by atoms with van der Waals surface area (Å²) in [5.41, 5.74) is 1.79. The number of nitrogens with zero attached hydrogens (tertiary/aromatic N) is 1. The summed E-state index contributed by atoms with van der Waals surface area (Å²) in [5, 5.41) is 12.4. The van der Waals surface area contributed by atoms with Crippen LogP contribution in [0.1, 0.15) is 28.6 Å². The number of carbonyl (C=O) groups excluding carboxylic acids is 2. The number of rotatable bonds is 7. The minimum atomic E-state index is -0.755. The first-order valence-corrected chi connectivity index (χ1v) is 8.68. The number of amides is 1. The van der Waals surface area contributed by atoms with Crippen LogP contribution in [-0.4, -0.2) is 25.1 Å². The van der Waals surface area contributed by atoms with Crippen molar-refractivity contribution in [3.63, 3.8) is 0 Å². The largest absolute Gasteiger partial charge is 0.450 e. The van der Waals surface area contributed by atoms with Gasteiger partial charge >= 0.3 is 5.97 Å². The maximum absolute atomic E-state index is 12.5. The highest BCUT2D eigenvalue weighted by molar-refractivity contribution is 5.98. The summed E-state index contributed by atoms with van der Waals surface area (Å²) >= 11 is 0. The van der Waals surface area contributed by atoms with Crippen molar-refractivity contribution in [2.24, 2.45) is 0 Å². The molecule has 0 aliphatic heterocycles. The average molecular weight is 378 g/mol. The predicted molar refractivity (Wildman–Crippen MR) is 102 cm³/mol. The number of nitriles is 1. The molecule has 1 heterocycles. The van der Waals surface area contributed by atoms with Crippen molar-refractivity contribution in [1.29, 1.82) is 5.26 Å². The molecule has 28 heavy (non-hydrogen) atoms. The second-order valence-electron chi connectivity index (χ2n) is 5.82. The van der Waals surface area contributed by atoms with Crippen LogP contribution in [0.25, 0.3) is 11.0 Å². The normalized spacial score (nSPS) is 10.4. The van der Waals surface area contributed by atoms with Gasteiger partial charge in [0.15, 0.2) is 6.61 Å². The van der Waals surface area contributed by atoms with E-state index in [0.717, 1.165) is 5.39 Å². The van der Waals surface area contributed by atoms with Crippen LogP contribution < -0.4 is 5.32 Å². The van der Waals surface area contributed by atoms with Crippen molar-refractivity contribution in [3.05, 3.63) is 65.4 Å². The molecule has 3 rings (SSSR count). The SMILES string of the molecule is CCOCc1c(C(=O)OCC(=O)Nc2ccccc2C#N)oc2ccccc12. The Morgan fingerprint density at radius 2 is 1.89 bits per heavy atom. The standard InChI is InChI=1S/C21H18N2O5/c1-2-26-12-16-15-8-4-6-10-18(15)28-20(16)21(25)27-13-19(24)23-17-9-5-3-7-14(17)11-22/h3-10H,2,12-13H2,1H3,(H,23,24). The molecule has 0 atom stereocenters. The molecule has 142 valence electrons. The molecule has 0 fully saturated rings. The Morgan fingerprint density at radius 3 is 2.68 bits per heavy atom. The summed E-state index contributed by atoms with van der Waals surface area (Å²) in [6, 6.07) is 15.7. The molecule has 1 N–H and O–H groups in total. The maximum atomic E-state index is 12.5. The number of hydrogen-bond donors (Lipinski definition) is 1. The molecule has 0 unspecified atom stereocenters. The van der Waals surface area contributed by atoms with Gasteiger partial charge in [-0.25, -0.2) is 4.79 Å². The average Bonchev–Trinajstić information content (AvgIpc) is 3.09. The third-order valence-corrected chi connectivity index (χ3v) is 3.99. The fourth-order valence-corrected chi connectivity index (χ4v) is 2.68. The maximum Gasteiger partial charge on any atom is 0.375 e. The summed E-state index contributed by atoms with van der Waals surface area (Å²) < 4.78 is 16.1. The molecule has 0 radical (unpaired) electrons. The lowest BCUT2D eigenvalue weighted by Crippen LogP contribution is -2.21. The van der Waals surface area contributed by atoms with Gasteiger partial charge in [0.2, 0.25) is 5.76 Å². The first-order valence-electron chi connectivity index (χ1n) is 8.68. The zero-order valence-electron chi connectivity index (χ0n) is 15.2. The number of nitrogens with one attached hydrogen (secondary N) is 1. The second-order valence-corrected chi connectivity index (χ2v) is 5.82. The van der Waals surface area contributed by atoms with E-state index in [1.807, 2.05) is 25.1 Å². The molecule has 0 saturated carbocycles. The number of fused-ring (bicyclic) bond motifs is 1. The van der Waals surface area contributed by atoms with Crippen molar-refractivity contribution in [3.8, 4) is 6.07 Å². The van der Waals surface area contributed by atoms with Crippen LogP contribution in [0, 0.1) is 11.3 Å². The molecule has 3 aromatic rings. The fraction of sp³-hybridized carbons (Fsp3) is 0.190. The molecular formula is C21H18N2O5. The zero-order chi connectivity index (χ0) is 19.9. The minimum absolute atomic E-state index is 0.0138. The Morgan fingerprint density at radius 1 is 1.14 bits per heavy atom. The zero-order valence-corrected chi connectivity index (χ0v) is 15.2. The van der Waals surface area contributed by atoms with Crippen LogP contribution >= 0.6 is 0 Å². The number of carbonyl (C=O) groups is 2. The van der Waals surface area contributed by atoms with Crippen LogP contribution in [0.5, 0.6) is 0 Å². The van der Waals surface area contributed by atoms with Gasteiger partial charge < -0.3 is 19.2 Å². The van der Waals surface area contributed by atoms with E-state index in [4.69, 9.17) is 19.2 Å². The molecule has 0 bridgehead atoms.